The highest BCUT2D eigenvalue weighted by atomic mass is 16.5. The molecule has 1 aromatic rings. The molecular weight excluding hydrogens is 200 g/mol. The van der Waals surface area contributed by atoms with E-state index in [1.165, 1.54) is 0 Å². The maximum absolute atomic E-state index is 11.7. The predicted octanol–water partition coefficient (Wildman–Crippen LogP) is 3.70. The monoisotopic (exact) mass is 220 g/mol. The zero-order chi connectivity index (χ0) is 12.3. The Hall–Kier alpha value is -1.31. The summed E-state index contributed by atoms with van der Waals surface area (Å²) in [7, 11) is 0. The fourth-order valence-electron chi connectivity index (χ4n) is 1.37. The minimum atomic E-state index is -0.205. The summed E-state index contributed by atoms with van der Waals surface area (Å²) in [6, 6.07) is 7.34. The number of hydrogen-bond donors (Lipinski definition) is 0. The van der Waals surface area contributed by atoms with Crippen LogP contribution >= 0.6 is 0 Å². The van der Waals surface area contributed by atoms with E-state index in [9.17, 15) is 4.79 Å². The molecule has 0 bridgehead atoms. The molecule has 0 aliphatic carbocycles. The highest BCUT2D eigenvalue weighted by molar-refractivity contribution is 5.97. The van der Waals surface area contributed by atoms with Crippen LogP contribution in [0.4, 0.5) is 0 Å². The van der Waals surface area contributed by atoms with Crippen LogP contribution in [0.15, 0.2) is 24.3 Å². The minimum Gasteiger partial charge on any atom is -0.488 e. The highest BCUT2D eigenvalue weighted by Gasteiger charge is 2.13. The Morgan fingerprint density at radius 2 is 1.62 bits per heavy atom. The molecule has 0 aliphatic heterocycles. The maximum Gasteiger partial charge on any atom is 0.165 e. The summed E-state index contributed by atoms with van der Waals surface area (Å²) in [6.45, 7) is 9.81. The molecule has 0 spiro atoms. The first-order valence-corrected chi connectivity index (χ1v) is 5.63. The van der Waals surface area contributed by atoms with Crippen LogP contribution in [0.2, 0.25) is 0 Å². The van der Waals surface area contributed by atoms with Gasteiger partial charge in [0.05, 0.1) is 0 Å². The largest absolute Gasteiger partial charge is 0.488 e. The molecule has 0 fully saturated rings. The summed E-state index contributed by atoms with van der Waals surface area (Å²) in [5.41, 5.74) is 0.542. The van der Waals surface area contributed by atoms with Crippen molar-refractivity contribution < 1.29 is 9.53 Å². The van der Waals surface area contributed by atoms with Gasteiger partial charge in [0.2, 0.25) is 0 Å². The molecule has 0 amide bonds. The molecule has 1 rings (SSSR count). The van der Waals surface area contributed by atoms with Crippen LogP contribution in [0.1, 0.15) is 45.0 Å². The molecule has 0 saturated heterocycles. The highest BCUT2D eigenvalue weighted by Crippen LogP contribution is 2.19. The van der Waals surface area contributed by atoms with Crippen molar-refractivity contribution in [2.75, 3.05) is 0 Å². The van der Waals surface area contributed by atoms with Crippen molar-refractivity contribution in [3.63, 3.8) is 0 Å². The molecule has 0 heterocycles. The van der Waals surface area contributed by atoms with E-state index in [1.807, 2.05) is 58.9 Å². The summed E-state index contributed by atoms with van der Waals surface area (Å²) < 4.78 is 5.69. The molecule has 16 heavy (non-hydrogen) atoms. The van der Waals surface area contributed by atoms with E-state index in [2.05, 4.69) is 0 Å². The van der Waals surface area contributed by atoms with E-state index < -0.39 is 0 Å². The summed E-state index contributed by atoms with van der Waals surface area (Å²) in [6.07, 6.45) is 0. The molecule has 0 radical (unpaired) electrons. The van der Waals surface area contributed by atoms with Gasteiger partial charge in [-0.1, -0.05) is 13.8 Å². The van der Waals surface area contributed by atoms with Crippen molar-refractivity contribution in [3.8, 4) is 5.75 Å². The first kappa shape index (κ1) is 12.8. The van der Waals surface area contributed by atoms with Crippen molar-refractivity contribution in [2.24, 2.45) is 5.92 Å². The van der Waals surface area contributed by atoms with Crippen LogP contribution in [-0.4, -0.2) is 11.4 Å². The number of carbonyl (C=O) groups excluding carboxylic acids is 1. The van der Waals surface area contributed by atoms with Gasteiger partial charge in [-0.3, -0.25) is 4.79 Å². The standard InChI is InChI=1S/C14H20O2/c1-10(2)13(15)11-6-8-12(9-7-11)16-14(3,4)5/h6-10H,1-5H3. The molecule has 0 saturated carbocycles. The number of Topliss-reactive ketones (excluding diaryl/α,β-unsaturated/α-hetero) is 1. The third-order valence-electron chi connectivity index (χ3n) is 2.09. The number of hydrogen-bond acceptors (Lipinski definition) is 2. The normalized spacial score (nSPS) is 11.6. The molecule has 2 nitrogen and oxygen atoms in total. The van der Waals surface area contributed by atoms with E-state index in [0.29, 0.717) is 0 Å². The van der Waals surface area contributed by atoms with Gasteiger partial charge in [-0.25, -0.2) is 0 Å². The lowest BCUT2D eigenvalue weighted by Gasteiger charge is -2.21. The Balaban J connectivity index is 2.80. The average molecular weight is 220 g/mol. The SMILES string of the molecule is CC(C)C(=O)c1ccc(OC(C)(C)C)cc1. The Kier molecular flexibility index (Phi) is 3.74. The van der Waals surface area contributed by atoms with Crippen LogP contribution < -0.4 is 4.74 Å². The van der Waals surface area contributed by atoms with Gasteiger partial charge in [0.1, 0.15) is 11.4 Å². The zero-order valence-corrected chi connectivity index (χ0v) is 10.7. The second-order valence-corrected chi connectivity index (χ2v) is 5.26. The van der Waals surface area contributed by atoms with E-state index in [4.69, 9.17) is 4.74 Å². The second-order valence-electron chi connectivity index (χ2n) is 5.26. The quantitative estimate of drug-likeness (QED) is 0.726. The topological polar surface area (TPSA) is 26.3 Å². The fraction of sp³-hybridized carbons (Fsp3) is 0.500. The third kappa shape index (κ3) is 3.69. The lowest BCUT2D eigenvalue weighted by Crippen LogP contribution is -2.22. The first-order chi connectivity index (χ1) is 7.29. The summed E-state index contributed by atoms with van der Waals surface area (Å²) >= 11 is 0. The smallest absolute Gasteiger partial charge is 0.165 e. The van der Waals surface area contributed by atoms with Crippen molar-refractivity contribution in [2.45, 2.75) is 40.2 Å². The Bertz CT molecular complexity index is 355. The maximum atomic E-state index is 11.7. The van der Waals surface area contributed by atoms with Gasteiger partial charge in [0, 0.05) is 11.5 Å². The molecule has 0 unspecified atom stereocenters. The fourth-order valence-corrected chi connectivity index (χ4v) is 1.37. The first-order valence-electron chi connectivity index (χ1n) is 5.63. The number of benzene rings is 1. The predicted molar refractivity (Wildman–Crippen MR) is 66.0 cm³/mol. The van der Waals surface area contributed by atoms with Gasteiger partial charge < -0.3 is 4.74 Å². The van der Waals surface area contributed by atoms with Gasteiger partial charge >= 0.3 is 0 Å². The summed E-state index contributed by atoms with van der Waals surface area (Å²) in [4.78, 5) is 11.7. The lowest BCUT2D eigenvalue weighted by molar-refractivity contribution is 0.0939. The van der Waals surface area contributed by atoms with Gasteiger partial charge in [0.25, 0.3) is 0 Å². The van der Waals surface area contributed by atoms with E-state index in [1.54, 1.807) is 0 Å². The molecule has 1 aromatic carbocycles. The minimum absolute atomic E-state index is 0.0365. The van der Waals surface area contributed by atoms with Gasteiger partial charge in [0.15, 0.2) is 5.78 Å². The molecule has 0 N–H and O–H groups in total. The van der Waals surface area contributed by atoms with Crippen LogP contribution in [-0.2, 0) is 0 Å². The van der Waals surface area contributed by atoms with Gasteiger partial charge in [-0.2, -0.15) is 0 Å². The van der Waals surface area contributed by atoms with Crippen molar-refractivity contribution in [1.29, 1.82) is 0 Å². The molecule has 0 atom stereocenters. The Labute approximate surface area is 97.6 Å². The average Bonchev–Trinajstić information content (AvgIpc) is 2.15. The van der Waals surface area contributed by atoms with Gasteiger partial charge in [-0.05, 0) is 45.0 Å². The molecule has 0 aliphatic rings. The van der Waals surface area contributed by atoms with E-state index >= 15 is 0 Å². The summed E-state index contributed by atoms with van der Waals surface area (Å²) in [5.74, 6) is 1.00. The Morgan fingerprint density at radius 1 is 1.12 bits per heavy atom. The van der Waals surface area contributed by atoms with Crippen LogP contribution in [0.5, 0.6) is 5.75 Å². The number of ketones is 1. The van der Waals surface area contributed by atoms with E-state index in [-0.39, 0.29) is 17.3 Å². The molecule has 88 valence electrons. The number of rotatable bonds is 3. The van der Waals surface area contributed by atoms with Crippen molar-refractivity contribution in [3.05, 3.63) is 29.8 Å². The van der Waals surface area contributed by atoms with Crippen molar-refractivity contribution >= 4 is 5.78 Å². The van der Waals surface area contributed by atoms with Crippen molar-refractivity contribution in [1.82, 2.24) is 0 Å². The van der Waals surface area contributed by atoms with E-state index in [0.717, 1.165) is 11.3 Å². The lowest BCUT2D eigenvalue weighted by atomic mass is 10.0. The summed E-state index contributed by atoms with van der Waals surface area (Å²) in [5, 5.41) is 0. The van der Waals surface area contributed by atoms with Gasteiger partial charge in [-0.15, -0.1) is 0 Å². The van der Waals surface area contributed by atoms with Crippen LogP contribution in [0.3, 0.4) is 0 Å². The third-order valence-corrected chi connectivity index (χ3v) is 2.09. The zero-order valence-electron chi connectivity index (χ0n) is 10.7. The van der Waals surface area contributed by atoms with Crippen LogP contribution in [0, 0.1) is 5.92 Å². The van der Waals surface area contributed by atoms with Crippen LogP contribution in [0.25, 0.3) is 0 Å². The molecule has 2 heteroatoms. The second kappa shape index (κ2) is 4.69. The number of carbonyl (C=O) groups is 1. The number of ether oxygens (including phenoxy) is 1. The Morgan fingerprint density at radius 3 is 2.00 bits per heavy atom. The molecule has 0 aromatic heterocycles. The molecular formula is C14H20O2.